The second-order valence-corrected chi connectivity index (χ2v) is 5.40. The summed E-state index contributed by atoms with van der Waals surface area (Å²) in [6, 6.07) is -2.07. The van der Waals surface area contributed by atoms with Crippen LogP contribution in [0.5, 0.6) is 0 Å². The van der Waals surface area contributed by atoms with E-state index in [-0.39, 0.29) is 0 Å². The summed E-state index contributed by atoms with van der Waals surface area (Å²) in [6.07, 6.45) is 8.39. The Hall–Kier alpha value is -1.40. The van der Waals surface area contributed by atoms with Crippen LogP contribution in [0.3, 0.4) is 0 Å². The molecule has 3 N–H and O–H groups in total. The predicted molar refractivity (Wildman–Crippen MR) is 79.4 cm³/mol. The minimum Gasteiger partial charge on any atom is -0.477 e. The molecule has 0 aromatic carbocycles. The number of allylic oxidation sites excluding steroid dienone is 1. The molecule has 0 bridgehead atoms. The van der Waals surface area contributed by atoms with E-state index in [4.69, 9.17) is 0 Å². The van der Waals surface area contributed by atoms with Gasteiger partial charge in [-0.2, -0.15) is 0 Å². The van der Waals surface area contributed by atoms with Gasteiger partial charge in [0.15, 0.2) is 18.8 Å². The van der Waals surface area contributed by atoms with E-state index in [0.717, 1.165) is 32.1 Å². The summed E-state index contributed by atoms with van der Waals surface area (Å²) in [5, 5.41) is 28.0. The Morgan fingerprint density at radius 3 is 1.95 bits per heavy atom. The third-order valence-corrected chi connectivity index (χ3v) is 4.01. The van der Waals surface area contributed by atoms with Crippen molar-refractivity contribution < 1.29 is 29.4 Å². The van der Waals surface area contributed by atoms with Gasteiger partial charge in [-0.15, -0.1) is 0 Å². The minimum absolute atomic E-state index is 0.502. The fraction of sp³-hybridized carbons (Fsp3) is 0.733. The lowest BCUT2D eigenvalue weighted by Gasteiger charge is -2.39. The van der Waals surface area contributed by atoms with Gasteiger partial charge in [0.25, 0.3) is 0 Å². The van der Waals surface area contributed by atoms with Gasteiger partial charge in [0, 0.05) is 0 Å². The van der Waals surface area contributed by atoms with E-state index in [1.165, 1.54) is 20.0 Å². The number of quaternary nitrogens is 1. The number of rotatable bonds is 11. The zero-order valence-corrected chi connectivity index (χ0v) is 13.2. The average Bonchev–Trinajstić information content (AvgIpc) is 2.45. The quantitative estimate of drug-likeness (QED) is 0.309. The molecular formula is C15H28NO5+. The van der Waals surface area contributed by atoms with Crippen molar-refractivity contribution in [1.29, 1.82) is 0 Å². The highest BCUT2D eigenvalue weighted by Gasteiger charge is 2.45. The highest BCUT2D eigenvalue weighted by atomic mass is 16.4. The predicted octanol–water partition coefficient (Wildman–Crippen LogP) is 2.18. The van der Waals surface area contributed by atoms with Crippen LogP contribution in [-0.4, -0.2) is 50.6 Å². The lowest BCUT2D eigenvalue weighted by atomic mass is 10.1. The molecule has 6 nitrogen and oxygen atoms in total. The van der Waals surface area contributed by atoms with Crippen LogP contribution in [0.2, 0.25) is 0 Å². The van der Waals surface area contributed by atoms with Crippen LogP contribution in [0.15, 0.2) is 12.3 Å². The Kier molecular flexibility index (Phi) is 8.89. The molecule has 0 aromatic rings. The third-order valence-electron chi connectivity index (χ3n) is 4.01. The summed E-state index contributed by atoms with van der Waals surface area (Å²) >= 11 is 0. The van der Waals surface area contributed by atoms with Crippen LogP contribution in [0.1, 0.15) is 52.9 Å². The van der Waals surface area contributed by atoms with Gasteiger partial charge in [-0.25, -0.2) is 9.59 Å². The Morgan fingerprint density at radius 1 is 1.05 bits per heavy atom. The standard InChI is InChI=1S/C15H27NO5/c1-4-5-6-7-8-9-10-16(11-17,12(2)14(18)19)13(3)15(20)21/h9-10,12-13,17H,4-8,11H2,1-3H3,(H-,18,19,20,21)/p+1/b10-9+. The van der Waals surface area contributed by atoms with Crippen molar-refractivity contribution in [3.63, 3.8) is 0 Å². The molecule has 0 amide bonds. The van der Waals surface area contributed by atoms with Gasteiger partial charge in [-0.1, -0.05) is 26.2 Å². The highest BCUT2D eigenvalue weighted by molar-refractivity contribution is 5.74. The number of aliphatic carboxylic acids is 2. The van der Waals surface area contributed by atoms with Crippen LogP contribution in [0, 0.1) is 0 Å². The number of aliphatic hydroxyl groups excluding tert-OH is 1. The van der Waals surface area contributed by atoms with Gasteiger partial charge in [-0.3, -0.25) is 4.48 Å². The molecule has 6 heteroatoms. The Labute approximate surface area is 126 Å². The van der Waals surface area contributed by atoms with E-state index in [2.05, 4.69) is 6.92 Å². The number of hydrogen-bond acceptors (Lipinski definition) is 3. The van der Waals surface area contributed by atoms with Crippen molar-refractivity contribution in [1.82, 2.24) is 0 Å². The minimum atomic E-state index is -1.13. The van der Waals surface area contributed by atoms with Crippen molar-refractivity contribution >= 4 is 11.9 Å². The second-order valence-electron chi connectivity index (χ2n) is 5.40. The number of carbonyl (C=O) groups is 2. The largest absolute Gasteiger partial charge is 0.477 e. The average molecular weight is 302 g/mol. The lowest BCUT2D eigenvalue weighted by molar-refractivity contribution is -0.925. The summed E-state index contributed by atoms with van der Waals surface area (Å²) in [7, 11) is 0. The number of carboxylic acids is 2. The normalized spacial score (nSPS) is 17.3. The molecule has 0 aromatic heterocycles. The molecule has 122 valence electrons. The van der Waals surface area contributed by atoms with E-state index in [1.54, 1.807) is 6.08 Å². The molecule has 0 radical (unpaired) electrons. The summed E-state index contributed by atoms with van der Waals surface area (Å²) in [5.74, 6) is -2.26. The van der Waals surface area contributed by atoms with E-state index in [9.17, 15) is 24.9 Å². The number of unbranched alkanes of at least 4 members (excludes halogenated alkanes) is 4. The van der Waals surface area contributed by atoms with Gasteiger partial charge < -0.3 is 15.3 Å². The fourth-order valence-electron chi connectivity index (χ4n) is 2.26. The van der Waals surface area contributed by atoms with Crippen LogP contribution in [-0.2, 0) is 9.59 Å². The molecule has 0 saturated heterocycles. The van der Waals surface area contributed by atoms with E-state index in [0.29, 0.717) is 0 Å². The molecule has 0 aliphatic heterocycles. The zero-order chi connectivity index (χ0) is 16.5. The summed E-state index contributed by atoms with van der Waals surface area (Å²) < 4.78 is -0.502. The van der Waals surface area contributed by atoms with Crippen LogP contribution in [0.4, 0.5) is 0 Å². The summed E-state index contributed by atoms with van der Waals surface area (Å²) in [6.45, 7) is 4.39. The maximum Gasteiger partial charge on any atom is 0.362 e. The smallest absolute Gasteiger partial charge is 0.362 e. The molecule has 0 saturated carbocycles. The van der Waals surface area contributed by atoms with Gasteiger partial charge in [0.1, 0.15) is 0 Å². The Bertz CT molecular complexity index is 347. The number of nitrogens with zero attached hydrogens (tertiary/aromatic N) is 1. The molecule has 21 heavy (non-hydrogen) atoms. The van der Waals surface area contributed by atoms with Crippen molar-refractivity contribution in [2.75, 3.05) is 6.73 Å². The van der Waals surface area contributed by atoms with Crippen molar-refractivity contribution in [2.45, 2.75) is 65.0 Å². The number of aliphatic hydroxyl groups is 1. The van der Waals surface area contributed by atoms with E-state index in [1.807, 2.05) is 0 Å². The molecule has 0 rings (SSSR count). The first-order chi connectivity index (χ1) is 9.83. The second kappa shape index (κ2) is 9.52. The first-order valence-corrected chi connectivity index (χ1v) is 7.44. The molecule has 2 unspecified atom stereocenters. The van der Waals surface area contributed by atoms with Crippen molar-refractivity contribution in [3.8, 4) is 0 Å². The maximum atomic E-state index is 11.3. The first-order valence-electron chi connectivity index (χ1n) is 7.44. The zero-order valence-electron chi connectivity index (χ0n) is 13.2. The fourth-order valence-corrected chi connectivity index (χ4v) is 2.26. The molecule has 0 aliphatic rings. The van der Waals surface area contributed by atoms with Gasteiger partial charge >= 0.3 is 11.9 Å². The summed E-state index contributed by atoms with van der Waals surface area (Å²) in [5.41, 5.74) is 0. The molecule has 0 aliphatic carbocycles. The Morgan fingerprint density at radius 2 is 1.57 bits per heavy atom. The summed E-state index contributed by atoms with van der Waals surface area (Å²) in [4.78, 5) is 22.5. The monoisotopic (exact) mass is 302 g/mol. The van der Waals surface area contributed by atoms with E-state index < -0.39 is 35.2 Å². The molecular weight excluding hydrogens is 274 g/mol. The number of carboxylic acid groups (broad SMARTS) is 2. The SMILES string of the molecule is CCCCCC/C=C/[N+](CO)(C(C)C(=O)O)C(C)C(=O)O. The number of hydrogen-bond donors (Lipinski definition) is 3. The maximum absolute atomic E-state index is 11.3. The highest BCUT2D eigenvalue weighted by Crippen LogP contribution is 2.21. The lowest BCUT2D eigenvalue weighted by Crippen LogP contribution is -2.61. The first kappa shape index (κ1) is 19.6. The Balaban J connectivity index is 5.07. The van der Waals surface area contributed by atoms with Gasteiger partial charge in [0.05, 0.1) is 6.20 Å². The topological polar surface area (TPSA) is 94.8 Å². The molecule has 0 fully saturated rings. The van der Waals surface area contributed by atoms with E-state index >= 15 is 0 Å². The molecule has 2 atom stereocenters. The van der Waals surface area contributed by atoms with Crippen molar-refractivity contribution in [3.05, 3.63) is 12.3 Å². The van der Waals surface area contributed by atoms with Crippen LogP contribution >= 0.6 is 0 Å². The van der Waals surface area contributed by atoms with Crippen LogP contribution < -0.4 is 0 Å². The molecule has 0 spiro atoms. The molecule has 0 heterocycles. The van der Waals surface area contributed by atoms with Gasteiger partial charge in [-0.05, 0) is 32.8 Å². The third kappa shape index (κ3) is 5.47. The van der Waals surface area contributed by atoms with Crippen LogP contribution in [0.25, 0.3) is 0 Å². The van der Waals surface area contributed by atoms with Crippen molar-refractivity contribution in [2.24, 2.45) is 0 Å². The van der Waals surface area contributed by atoms with Gasteiger partial charge in [0.2, 0.25) is 0 Å².